The van der Waals surface area contributed by atoms with Gasteiger partial charge in [-0.05, 0) is 36.8 Å². The minimum atomic E-state index is -1.02. The van der Waals surface area contributed by atoms with Gasteiger partial charge < -0.3 is 9.51 Å². The highest BCUT2D eigenvalue weighted by Gasteiger charge is 2.11. The lowest BCUT2D eigenvalue weighted by Gasteiger charge is -2.01. The molecule has 5 nitrogen and oxygen atoms in total. The van der Waals surface area contributed by atoms with Crippen molar-refractivity contribution < 1.29 is 9.90 Å². The molecular formula is C14H11N3O2. The molecule has 0 radical (unpaired) electrons. The molecule has 1 N–H and O–H groups in total. The molecule has 0 saturated carbocycles. The van der Waals surface area contributed by atoms with Crippen molar-refractivity contribution in [1.29, 1.82) is 0 Å². The highest BCUT2D eigenvalue weighted by Crippen LogP contribution is 2.26. The Morgan fingerprint density at radius 2 is 2.00 bits per heavy atom. The second-order valence-corrected chi connectivity index (χ2v) is 4.25. The van der Waals surface area contributed by atoms with Crippen molar-refractivity contribution in [2.45, 2.75) is 6.92 Å². The summed E-state index contributed by atoms with van der Waals surface area (Å²) >= 11 is 0. The van der Waals surface area contributed by atoms with Gasteiger partial charge in [0.1, 0.15) is 6.33 Å². The zero-order valence-corrected chi connectivity index (χ0v) is 10.2. The Hall–Kier alpha value is -2.69. The van der Waals surface area contributed by atoms with Crippen molar-refractivity contribution in [2.24, 2.45) is 0 Å². The Morgan fingerprint density at radius 3 is 2.68 bits per heavy atom. The first-order chi connectivity index (χ1) is 9.16. The van der Waals surface area contributed by atoms with E-state index in [1.165, 1.54) is 0 Å². The lowest BCUT2D eigenvalue weighted by molar-refractivity contribution is 0.0690. The van der Waals surface area contributed by atoms with E-state index in [9.17, 15) is 4.79 Å². The van der Waals surface area contributed by atoms with Gasteiger partial charge in [-0.25, -0.2) is 9.78 Å². The van der Waals surface area contributed by atoms with E-state index in [4.69, 9.17) is 5.11 Å². The fourth-order valence-corrected chi connectivity index (χ4v) is 2.15. The lowest BCUT2D eigenvalue weighted by Crippen LogP contribution is -2.01. The molecule has 0 aliphatic carbocycles. The molecule has 3 aromatic rings. The summed E-state index contributed by atoms with van der Waals surface area (Å²) in [7, 11) is 0. The summed E-state index contributed by atoms with van der Waals surface area (Å²) in [5.41, 5.74) is 3.98. The van der Waals surface area contributed by atoms with Gasteiger partial charge in [-0.1, -0.05) is 0 Å². The molecule has 0 aliphatic heterocycles. The van der Waals surface area contributed by atoms with Crippen LogP contribution >= 0.6 is 0 Å². The maximum absolute atomic E-state index is 10.9. The van der Waals surface area contributed by atoms with E-state index < -0.39 is 5.97 Å². The molecule has 0 saturated heterocycles. The van der Waals surface area contributed by atoms with Crippen LogP contribution in [0.2, 0.25) is 0 Å². The molecule has 0 aliphatic rings. The quantitative estimate of drug-likeness (QED) is 0.761. The number of hydrogen-bond acceptors (Lipinski definition) is 3. The van der Waals surface area contributed by atoms with Crippen molar-refractivity contribution in [1.82, 2.24) is 14.4 Å². The van der Waals surface area contributed by atoms with E-state index in [0.29, 0.717) is 0 Å². The molecule has 5 heteroatoms. The fourth-order valence-electron chi connectivity index (χ4n) is 2.15. The van der Waals surface area contributed by atoms with Crippen LogP contribution in [0.1, 0.15) is 16.2 Å². The molecule has 0 amide bonds. The number of aromatic carboxylic acids is 1. The van der Waals surface area contributed by atoms with Crippen LogP contribution in [-0.2, 0) is 0 Å². The zero-order chi connectivity index (χ0) is 13.4. The average Bonchev–Trinajstić information content (AvgIpc) is 2.76. The van der Waals surface area contributed by atoms with Gasteiger partial charge in [0.15, 0.2) is 5.69 Å². The van der Waals surface area contributed by atoms with Crippen molar-refractivity contribution in [3.05, 3.63) is 54.4 Å². The standard InChI is InChI=1S/C14H11N3O2/c1-9-12(10-2-4-15-5-3-10)6-11-7-13(14(18)19)16-8-17(9)11/h2-8H,1H3,(H,18,19). The van der Waals surface area contributed by atoms with Crippen LogP contribution < -0.4 is 0 Å². The summed E-state index contributed by atoms with van der Waals surface area (Å²) in [5, 5.41) is 8.96. The number of pyridine rings is 1. The third kappa shape index (κ3) is 1.85. The Bertz CT molecular complexity index is 763. The summed E-state index contributed by atoms with van der Waals surface area (Å²) in [6.45, 7) is 1.98. The number of carbonyl (C=O) groups is 1. The Morgan fingerprint density at radius 1 is 1.26 bits per heavy atom. The van der Waals surface area contributed by atoms with Gasteiger partial charge in [0.05, 0.1) is 0 Å². The lowest BCUT2D eigenvalue weighted by atomic mass is 10.1. The Labute approximate surface area is 109 Å². The normalized spacial score (nSPS) is 10.8. The molecular weight excluding hydrogens is 242 g/mol. The number of aryl methyl sites for hydroxylation is 1. The molecule has 0 aromatic carbocycles. The van der Waals surface area contributed by atoms with Gasteiger partial charge in [-0.3, -0.25) is 4.98 Å². The van der Waals surface area contributed by atoms with Crippen LogP contribution in [0.5, 0.6) is 0 Å². The van der Waals surface area contributed by atoms with Crippen molar-refractivity contribution in [3.8, 4) is 11.1 Å². The molecule has 3 aromatic heterocycles. The first-order valence-electron chi connectivity index (χ1n) is 5.78. The topological polar surface area (TPSA) is 67.5 Å². The molecule has 0 fully saturated rings. The van der Waals surface area contributed by atoms with Crippen LogP contribution in [0, 0.1) is 6.92 Å². The van der Waals surface area contributed by atoms with Gasteiger partial charge in [0.25, 0.3) is 0 Å². The van der Waals surface area contributed by atoms with Crippen molar-refractivity contribution >= 4 is 11.5 Å². The minimum absolute atomic E-state index is 0.0475. The van der Waals surface area contributed by atoms with E-state index in [0.717, 1.165) is 22.3 Å². The number of carboxylic acids is 1. The van der Waals surface area contributed by atoms with E-state index in [1.54, 1.807) is 24.8 Å². The first-order valence-corrected chi connectivity index (χ1v) is 5.78. The smallest absolute Gasteiger partial charge is 0.354 e. The highest BCUT2D eigenvalue weighted by atomic mass is 16.4. The third-order valence-electron chi connectivity index (χ3n) is 3.13. The average molecular weight is 253 g/mol. The summed E-state index contributed by atoms with van der Waals surface area (Å²) in [6, 6.07) is 7.37. The fraction of sp³-hybridized carbons (Fsp3) is 0.0714. The maximum atomic E-state index is 10.9. The molecule has 0 bridgehead atoms. The number of carboxylic acid groups (broad SMARTS) is 1. The summed E-state index contributed by atoms with van der Waals surface area (Å²) < 4.78 is 1.88. The number of hydrogen-bond donors (Lipinski definition) is 1. The Kier molecular flexibility index (Phi) is 2.52. The van der Waals surface area contributed by atoms with Crippen molar-refractivity contribution in [2.75, 3.05) is 0 Å². The largest absolute Gasteiger partial charge is 0.477 e. The monoisotopic (exact) mass is 253 g/mol. The van der Waals surface area contributed by atoms with Gasteiger partial charge in [0, 0.05) is 29.2 Å². The van der Waals surface area contributed by atoms with E-state index >= 15 is 0 Å². The van der Waals surface area contributed by atoms with Crippen LogP contribution in [0.3, 0.4) is 0 Å². The predicted octanol–water partition coefficient (Wildman–Crippen LogP) is 2.40. The van der Waals surface area contributed by atoms with Crippen LogP contribution in [0.25, 0.3) is 16.6 Å². The van der Waals surface area contributed by atoms with E-state index in [-0.39, 0.29) is 5.69 Å². The molecule has 3 heterocycles. The second kappa shape index (κ2) is 4.20. The minimum Gasteiger partial charge on any atom is -0.477 e. The van der Waals surface area contributed by atoms with E-state index in [1.807, 2.05) is 29.5 Å². The van der Waals surface area contributed by atoms with E-state index in [2.05, 4.69) is 9.97 Å². The number of rotatable bonds is 2. The number of nitrogens with zero attached hydrogens (tertiary/aromatic N) is 3. The summed E-state index contributed by atoms with van der Waals surface area (Å²) in [6.07, 6.45) is 5.01. The number of aromatic nitrogens is 3. The Balaban J connectivity index is 2.23. The van der Waals surface area contributed by atoms with Crippen LogP contribution in [-0.4, -0.2) is 25.4 Å². The molecule has 19 heavy (non-hydrogen) atoms. The van der Waals surface area contributed by atoms with Crippen LogP contribution in [0.15, 0.2) is 43.0 Å². The van der Waals surface area contributed by atoms with Crippen LogP contribution in [0.4, 0.5) is 0 Å². The number of fused-ring (bicyclic) bond motifs is 1. The maximum Gasteiger partial charge on any atom is 0.354 e. The van der Waals surface area contributed by atoms with Gasteiger partial charge >= 0.3 is 5.97 Å². The predicted molar refractivity (Wildman–Crippen MR) is 70.1 cm³/mol. The first kappa shape index (κ1) is 11.4. The molecule has 0 unspecified atom stereocenters. The van der Waals surface area contributed by atoms with Gasteiger partial charge in [-0.15, -0.1) is 0 Å². The third-order valence-corrected chi connectivity index (χ3v) is 3.13. The molecule has 3 rings (SSSR count). The highest BCUT2D eigenvalue weighted by molar-refractivity contribution is 5.87. The molecule has 0 spiro atoms. The second-order valence-electron chi connectivity index (χ2n) is 4.25. The molecule has 94 valence electrons. The van der Waals surface area contributed by atoms with Gasteiger partial charge in [-0.2, -0.15) is 0 Å². The summed E-state index contributed by atoms with van der Waals surface area (Å²) in [4.78, 5) is 18.8. The molecule has 0 atom stereocenters. The zero-order valence-electron chi connectivity index (χ0n) is 10.2. The van der Waals surface area contributed by atoms with Crippen molar-refractivity contribution in [3.63, 3.8) is 0 Å². The summed E-state index contributed by atoms with van der Waals surface area (Å²) in [5.74, 6) is -1.02. The SMILES string of the molecule is Cc1c(-c2ccncc2)cc2cc(C(=O)O)ncn12. The van der Waals surface area contributed by atoms with Gasteiger partial charge in [0.2, 0.25) is 0 Å².